The van der Waals surface area contributed by atoms with E-state index in [9.17, 15) is 4.79 Å². The lowest BCUT2D eigenvalue weighted by atomic mass is 9.92. The Hall–Kier alpha value is -1.15. The van der Waals surface area contributed by atoms with Crippen LogP contribution in [0, 0.1) is 0 Å². The first kappa shape index (κ1) is 12.3. The van der Waals surface area contributed by atoms with Crippen LogP contribution in [0.2, 0.25) is 0 Å². The highest BCUT2D eigenvalue weighted by Gasteiger charge is 2.35. The van der Waals surface area contributed by atoms with Gasteiger partial charge in [0, 0.05) is 6.42 Å². The number of ketones is 1. The molecule has 92 valence electrons. The molecule has 1 heterocycles. The summed E-state index contributed by atoms with van der Waals surface area (Å²) in [7, 11) is 0. The summed E-state index contributed by atoms with van der Waals surface area (Å²) in [4.78, 5) is 14.7. The Morgan fingerprint density at radius 2 is 1.76 bits per heavy atom. The predicted octanol–water partition coefficient (Wildman–Crippen LogP) is 2.67. The zero-order valence-electron chi connectivity index (χ0n) is 10.8. The van der Waals surface area contributed by atoms with Gasteiger partial charge in [-0.05, 0) is 45.3 Å². The molecule has 1 fully saturated rings. The Morgan fingerprint density at radius 1 is 1.18 bits per heavy atom. The summed E-state index contributed by atoms with van der Waals surface area (Å²) >= 11 is 0. The highest BCUT2D eigenvalue weighted by molar-refractivity contribution is 5.89. The van der Waals surface area contributed by atoms with Crippen molar-refractivity contribution in [3.05, 3.63) is 35.9 Å². The molecule has 2 heteroatoms. The van der Waals surface area contributed by atoms with Crippen LogP contribution in [0.25, 0.3) is 0 Å². The molecular formula is C15H21NO. The summed E-state index contributed by atoms with van der Waals surface area (Å²) in [6, 6.07) is 10.0. The maximum absolute atomic E-state index is 12.4. The second kappa shape index (κ2) is 5.01. The minimum Gasteiger partial charge on any atom is -0.297 e. The fourth-order valence-corrected chi connectivity index (χ4v) is 2.45. The second-order valence-electron chi connectivity index (χ2n) is 5.34. The van der Waals surface area contributed by atoms with E-state index in [4.69, 9.17) is 0 Å². The van der Waals surface area contributed by atoms with Gasteiger partial charge in [-0.25, -0.2) is 0 Å². The van der Waals surface area contributed by atoms with Crippen LogP contribution < -0.4 is 0 Å². The van der Waals surface area contributed by atoms with Crippen molar-refractivity contribution in [3.8, 4) is 0 Å². The molecule has 1 aliphatic heterocycles. The Bertz CT molecular complexity index is 377. The lowest BCUT2D eigenvalue weighted by molar-refractivity contribution is -0.128. The highest BCUT2D eigenvalue weighted by Crippen LogP contribution is 2.23. The normalized spacial score (nSPS) is 17.3. The average molecular weight is 231 g/mol. The fraction of sp³-hybridized carbons (Fsp3) is 0.533. The molecular weight excluding hydrogens is 210 g/mol. The van der Waals surface area contributed by atoms with Crippen LogP contribution in [0.1, 0.15) is 32.3 Å². The quantitative estimate of drug-likeness (QED) is 0.794. The maximum atomic E-state index is 12.4. The summed E-state index contributed by atoms with van der Waals surface area (Å²) in [5.41, 5.74) is 0.802. The van der Waals surface area contributed by atoms with E-state index < -0.39 is 0 Å². The van der Waals surface area contributed by atoms with Crippen LogP contribution >= 0.6 is 0 Å². The van der Waals surface area contributed by atoms with E-state index in [2.05, 4.69) is 18.7 Å². The van der Waals surface area contributed by atoms with Crippen LogP contribution in [0.5, 0.6) is 0 Å². The number of nitrogens with zero attached hydrogens (tertiary/aromatic N) is 1. The van der Waals surface area contributed by atoms with Crippen LogP contribution in [0.15, 0.2) is 30.3 Å². The molecule has 0 aliphatic carbocycles. The molecule has 0 N–H and O–H groups in total. The summed E-state index contributed by atoms with van der Waals surface area (Å²) in [6.07, 6.45) is 2.99. The van der Waals surface area contributed by atoms with Gasteiger partial charge in [0.05, 0.1) is 5.54 Å². The molecule has 0 atom stereocenters. The predicted molar refractivity (Wildman–Crippen MR) is 70.0 cm³/mol. The largest absolute Gasteiger partial charge is 0.297 e. The Labute approximate surface area is 104 Å². The average Bonchev–Trinajstić information content (AvgIpc) is 2.84. The molecule has 0 aromatic heterocycles. The van der Waals surface area contributed by atoms with E-state index in [1.54, 1.807) is 0 Å². The molecule has 0 amide bonds. The summed E-state index contributed by atoms with van der Waals surface area (Å²) in [5, 5.41) is 0. The molecule has 0 saturated carbocycles. The first-order valence-electron chi connectivity index (χ1n) is 6.43. The van der Waals surface area contributed by atoms with Gasteiger partial charge in [-0.3, -0.25) is 9.69 Å². The first-order valence-corrected chi connectivity index (χ1v) is 6.43. The molecule has 1 aliphatic rings. The Morgan fingerprint density at radius 3 is 2.35 bits per heavy atom. The lowest BCUT2D eigenvalue weighted by Gasteiger charge is -2.34. The third-order valence-corrected chi connectivity index (χ3v) is 3.79. The number of Topliss-reactive ketones (excluding diaryl/α,β-unsaturated/α-hetero) is 1. The van der Waals surface area contributed by atoms with Crippen molar-refractivity contribution in [2.24, 2.45) is 0 Å². The molecule has 0 radical (unpaired) electrons. The molecule has 0 spiro atoms. The molecule has 17 heavy (non-hydrogen) atoms. The number of rotatable bonds is 4. The molecule has 0 unspecified atom stereocenters. The summed E-state index contributed by atoms with van der Waals surface area (Å²) < 4.78 is 0. The number of carbonyl (C=O) groups excluding carboxylic acids is 1. The highest BCUT2D eigenvalue weighted by atomic mass is 16.1. The van der Waals surface area contributed by atoms with Gasteiger partial charge in [0.2, 0.25) is 0 Å². The van der Waals surface area contributed by atoms with Gasteiger partial charge in [-0.1, -0.05) is 30.3 Å². The number of likely N-dealkylation sites (tertiary alicyclic amines) is 1. The van der Waals surface area contributed by atoms with E-state index in [0.29, 0.717) is 12.2 Å². The SMILES string of the molecule is CC(C)(C(=O)Cc1ccccc1)N1CCCC1. The third kappa shape index (κ3) is 2.75. The number of benzene rings is 1. The fourth-order valence-electron chi connectivity index (χ4n) is 2.45. The maximum Gasteiger partial charge on any atom is 0.156 e. The van der Waals surface area contributed by atoms with Crippen molar-refractivity contribution in [3.63, 3.8) is 0 Å². The van der Waals surface area contributed by atoms with Gasteiger partial charge >= 0.3 is 0 Å². The molecule has 1 aromatic carbocycles. The van der Waals surface area contributed by atoms with Crippen molar-refractivity contribution in [2.45, 2.75) is 38.6 Å². The van der Waals surface area contributed by atoms with E-state index >= 15 is 0 Å². The Kier molecular flexibility index (Phi) is 3.63. The van der Waals surface area contributed by atoms with E-state index in [1.807, 2.05) is 30.3 Å². The summed E-state index contributed by atoms with van der Waals surface area (Å²) in [6.45, 7) is 6.24. The van der Waals surface area contributed by atoms with Gasteiger partial charge < -0.3 is 0 Å². The lowest BCUT2D eigenvalue weighted by Crippen LogP contribution is -2.49. The second-order valence-corrected chi connectivity index (χ2v) is 5.34. The number of hydrogen-bond donors (Lipinski definition) is 0. The molecule has 2 nitrogen and oxygen atoms in total. The van der Waals surface area contributed by atoms with E-state index in [1.165, 1.54) is 12.8 Å². The van der Waals surface area contributed by atoms with Crippen molar-refractivity contribution in [1.82, 2.24) is 4.90 Å². The van der Waals surface area contributed by atoms with Gasteiger partial charge in [-0.2, -0.15) is 0 Å². The zero-order valence-corrected chi connectivity index (χ0v) is 10.8. The smallest absolute Gasteiger partial charge is 0.156 e. The zero-order chi connectivity index (χ0) is 12.3. The topological polar surface area (TPSA) is 20.3 Å². The van der Waals surface area contributed by atoms with Crippen molar-refractivity contribution >= 4 is 5.78 Å². The van der Waals surface area contributed by atoms with Crippen LogP contribution in [0.4, 0.5) is 0 Å². The molecule has 2 rings (SSSR count). The van der Waals surface area contributed by atoms with Crippen molar-refractivity contribution in [1.29, 1.82) is 0 Å². The molecule has 1 saturated heterocycles. The summed E-state index contributed by atoms with van der Waals surface area (Å²) in [5.74, 6) is 0.325. The Balaban J connectivity index is 2.04. The van der Waals surface area contributed by atoms with Gasteiger partial charge in [0.1, 0.15) is 0 Å². The molecule has 1 aromatic rings. The minimum absolute atomic E-state index is 0.313. The van der Waals surface area contributed by atoms with Gasteiger partial charge in [-0.15, -0.1) is 0 Å². The minimum atomic E-state index is -0.313. The van der Waals surface area contributed by atoms with Crippen LogP contribution in [-0.2, 0) is 11.2 Å². The van der Waals surface area contributed by atoms with Crippen LogP contribution in [-0.4, -0.2) is 29.3 Å². The van der Waals surface area contributed by atoms with E-state index in [0.717, 1.165) is 18.7 Å². The number of hydrogen-bond acceptors (Lipinski definition) is 2. The third-order valence-electron chi connectivity index (χ3n) is 3.79. The van der Waals surface area contributed by atoms with Gasteiger partial charge in [0.25, 0.3) is 0 Å². The van der Waals surface area contributed by atoms with Crippen molar-refractivity contribution in [2.75, 3.05) is 13.1 Å². The first-order chi connectivity index (χ1) is 8.10. The van der Waals surface area contributed by atoms with Gasteiger partial charge in [0.15, 0.2) is 5.78 Å². The standard InChI is InChI=1S/C15H21NO/c1-15(2,16-10-6-7-11-16)14(17)12-13-8-4-3-5-9-13/h3-5,8-9H,6-7,10-12H2,1-2H3. The van der Waals surface area contributed by atoms with E-state index in [-0.39, 0.29) is 5.54 Å². The van der Waals surface area contributed by atoms with Crippen molar-refractivity contribution < 1.29 is 4.79 Å². The molecule has 0 bridgehead atoms. The number of carbonyl (C=O) groups is 1. The monoisotopic (exact) mass is 231 g/mol. The van der Waals surface area contributed by atoms with Crippen LogP contribution in [0.3, 0.4) is 0 Å².